The van der Waals surface area contributed by atoms with Gasteiger partial charge in [-0.05, 0) is 30.5 Å². The number of imidazole rings is 1. The van der Waals surface area contributed by atoms with Crippen LogP contribution in [0.5, 0.6) is 0 Å². The van der Waals surface area contributed by atoms with Gasteiger partial charge in [0.1, 0.15) is 6.33 Å². The Hall–Kier alpha value is -4.03. The maximum Gasteiger partial charge on any atom is 0.296 e. The highest BCUT2D eigenvalue weighted by molar-refractivity contribution is 5.77. The number of rotatable bonds is 8. The molecule has 39 heavy (non-hydrogen) atoms. The lowest BCUT2D eigenvalue weighted by Gasteiger charge is -2.38. The molecule has 4 heterocycles. The fraction of sp³-hybridized carbons (Fsp3) is 0.370. The van der Waals surface area contributed by atoms with Crippen molar-refractivity contribution in [2.75, 3.05) is 13.1 Å². The summed E-state index contributed by atoms with van der Waals surface area (Å²) in [4.78, 5) is 36.0. The molecule has 10 nitrogen and oxygen atoms in total. The molecule has 12 heteroatoms. The Morgan fingerprint density at radius 2 is 1.82 bits per heavy atom. The number of halogens is 2. The molecular formula is C27H29F2N7O3. The molecule has 4 aromatic rings. The number of hydrogen-bond acceptors (Lipinski definition) is 7. The number of piperidine rings is 1. The molecule has 0 aliphatic carbocycles. The second-order valence-electron chi connectivity index (χ2n) is 9.85. The van der Waals surface area contributed by atoms with Crippen LogP contribution in [0.1, 0.15) is 36.4 Å². The van der Waals surface area contributed by atoms with E-state index in [9.17, 15) is 23.5 Å². The van der Waals surface area contributed by atoms with Gasteiger partial charge >= 0.3 is 0 Å². The number of benzene rings is 1. The topological polar surface area (TPSA) is 132 Å². The third-order valence-corrected chi connectivity index (χ3v) is 7.26. The Kier molecular flexibility index (Phi) is 7.49. The molecule has 3 aromatic heterocycles. The molecular weight excluding hydrogens is 508 g/mol. The first-order valence-electron chi connectivity index (χ1n) is 12.7. The van der Waals surface area contributed by atoms with Crippen molar-refractivity contribution in [1.29, 1.82) is 0 Å². The van der Waals surface area contributed by atoms with Crippen LogP contribution in [-0.4, -0.2) is 65.2 Å². The highest BCUT2D eigenvalue weighted by atomic mass is 19.3. The number of fused-ring (bicyclic) bond motifs is 1. The number of nitrogens with zero attached hydrogens (tertiary/aromatic N) is 6. The highest BCUT2D eigenvalue weighted by Gasteiger charge is 2.36. The maximum atomic E-state index is 13.7. The average Bonchev–Trinajstić information content (AvgIpc) is 3.39. The summed E-state index contributed by atoms with van der Waals surface area (Å²) in [7, 11) is 0. The minimum Gasteiger partial charge on any atom is -0.388 e. The maximum absolute atomic E-state index is 13.7. The molecule has 0 saturated carbocycles. The molecule has 1 saturated heterocycles. The predicted octanol–water partition coefficient (Wildman–Crippen LogP) is 2.20. The van der Waals surface area contributed by atoms with E-state index in [1.807, 2.05) is 6.07 Å². The number of alkyl halides is 2. The van der Waals surface area contributed by atoms with Crippen LogP contribution in [0.3, 0.4) is 0 Å². The Bertz CT molecular complexity index is 1500. The molecule has 204 valence electrons. The average molecular weight is 538 g/mol. The summed E-state index contributed by atoms with van der Waals surface area (Å²) in [6, 6.07) is 11.9. The zero-order valence-corrected chi connectivity index (χ0v) is 21.2. The normalized spacial score (nSPS) is 16.1. The summed E-state index contributed by atoms with van der Waals surface area (Å²) in [5, 5.41) is 15.6. The standard InChI is InChI=1S/C27H29F2N7O3/c28-24(29)21(18-4-2-1-3-5-18)12-23(37)34-10-8-27(39,9-11-34)16-35-17-33-36-22(15-32-25(36)26(35)38)19-6-7-20(13-30)31-14-19/h1-7,14-15,17,21,24,39H,8-13,16,30H2. The molecule has 1 aliphatic heterocycles. The van der Waals surface area contributed by atoms with Crippen LogP contribution in [0.2, 0.25) is 0 Å². The van der Waals surface area contributed by atoms with Gasteiger partial charge in [0.25, 0.3) is 5.56 Å². The van der Waals surface area contributed by atoms with Crippen LogP contribution in [0.15, 0.2) is 66.0 Å². The van der Waals surface area contributed by atoms with Crippen molar-refractivity contribution in [3.8, 4) is 11.3 Å². The molecule has 3 N–H and O–H groups in total. The summed E-state index contributed by atoms with van der Waals surface area (Å²) < 4.78 is 30.1. The number of carbonyl (C=O) groups is 1. The minimum absolute atomic E-state index is 0.0318. The summed E-state index contributed by atoms with van der Waals surface area (Å²) in [6.45, 7) is 0.679. The van der Waals surface area contributed by atoms with E-state index < -0.39 is 23.5 Å². The van der Waals surface area contributed by atoms with Gasteiger partial charge in [-0.3, -0.25) is 19.1 Å². The van der Waals surface area contributed by atoms with Crippen LogP contribution in [-0.2, 0) is 17.9 Å². The fourth-order valence-electron chi connectivity index (χ4n) is 4.93. The first-order valence-corrected chi connectivity index (χ1v) is 12.7. The number of pyridine rings is 1. The van der Waals surface area contributed by atoms with Crippen LogP contribution in [0, 0.1) is 0 Å². The van der Waals surface area contributed by atoms with E-state index in [1.54, 1.807) is 42.6 Å². The number of nitrogens with two attached hydrogens (primary N) is 1. The molecule has 1 aromatic carbocycles. The van der Waals surface area contributed by atoms with E-state index in [1.165, 1.54) is 26.5 Å². The van der Waals surface area contributed by atoms with E-state index >= 15 is 0 Å². The van der Waals surface area contributed by atoms with E-state index in [0.717, 1.165) is 11.3 Å². The quantitative estimate of drug-likeness (QED) is 0.352. The smallest absolute Gasteiger partial charge is 0.296 e. The monoisotopic (exact) mass is 537 g/mol. The summed E-state index contributed by atoms with van der Waals surface area (Å²) in [5.41, 5.74) is 6.49. The van der Waals surface area contributed by atoms with Gasteiger partial charge in [0.05, 0.1) is 35.6 Å². The molecule has 0 bridgehead atoms. The zero-order valence-electron chi connectivity index (χ0n) is 21.2. The van der Waals surface area contributed by atoms with E-state index in [0.29, 0.717) is 17.8 Å². The second kappa shape index (κ2) is 11.0. The molecule has 1 aliphatic rings. The van der Waals surface area contributed by atoms with Gasteiger partial charge in [0.2, 0.25) is 18.0 Å². The summed E-state index contributed by atoms with van der Waals surface area (Å²) in [5.74, 6) is -1.57. The van der Waals surface area contributed by atoms with Crippen LogP contribution < -0.4 is 11.3 Å². The van der Waals surface area contributed by atoms with Crippen molar-refractivity contribution < 1.29 is 18.7 Å². The lowest BCUT2D eigenvalue weighted by molar-refractivity contribution is -0.137. The van der Waals surface area contributed by atoms with Gasteiger partial charge in [-0.25, -0.2) is 18.3 Å². The Labute approximate surface area is 222 Å². The van der Waals surface area contributed by atoms with Gasteiger partial charge in [-0.2, -0.15) is 5.10 Å². The van der Waals surface area contributed by atoms with Gasteiger partial charge < -0.3 is 15.7 Å². The van der Waals surface area contributed by atoms with Crippen LogP contribution in [0.4, 0.5) is 8.78 Å². The van der Waals surface area contributed by atoms with Gasteiger partial charge in [0.15, 0.2) is 0 Å². The van der Waals surface area contributed by atoms with E-state index in [4.69, 9.17) is 5.73 Å². The van der Waals surface area contributed by atoms with Crippen molar-refractivity contribution in [1.82, 2.24) is 29.0 Å². The Morgan fingerprint density at radius 3 is 2.46 bits per heavy atom. The molecule has 0 spiro atoms. The van der Waals surface area contributed by atoms with E-state index in [2.05, 4.69) is 15.1 Å². The number of carbonyl (C=O) groups excluding carboxylic acids is 1. The van der Waals surface area contributed by atoms with Gasteiger partial charge in [0, 0.05) is 37.8 Å². The number of aromatic nitrogens is 5. The Balaban J connectivity index is 1.25. The third-order valence-electron chi connectivity index (χ3n) is 7.26. The third kappa shape index (κ3) is 5.57. The first kappa shape index (κ1) is 26.6. The summed E-state index contributed by atoms with van der Waals surface area (Å²) in [6.07, 6.45) is 1.93. The molecule has 0 radical (unpaired) electrons. The Morgan fingerprint density at radius 1 is 1.08 bits per heavy atom. The molecule has 1 fully saturated rings. The zero-order chi connectivity index (χ0) is 27.6. The van der Waals surface area contributed by atoms with Crippen molar-refractivity contribution in [2.24, 2.45) is 5.73 Å². The lowest BCUT2D eigenvalue weighted by atomic mass is 9.90. The first-order chi connectivity index (χ1) is 18.8. The van der Waals surface area contributed by atoms with Gasteiger partial charge in [-0.1, -0.05) is 30.3 Å². The van der Waals surface area contributed by atoms with Crippen LogP contribution >= 0.6 is 0 Å². The predicted molar refractivity (Wildman–Crippen MR) is 139 cm³/mol. The molecule has 1 unspecified atom stereocenters. The number of hydrogen-bond donors (Lipinski definition) is 2. The largest absolute Gasteiger partial charge is 0.388 e. The van der Waals surface area contributed by atoms with Crippen molar-refractivity contribution in [2.45, 2.75) is 50.3 Å². The fourth-order valence-corrected chi connectivity index (χ4v) is 4.93. The number of amides is 1. The SMILES string of the molecule is NCc1ccc(-c2cnc3c(=O)n(CC4(O)CCN(C(=O)CC(c5ccccc5)C(F)F)CC4)cnn23)cn1. The van der Waals surface area contributed by atoms with Crippen molar-refractivity contribution in [3.63, 3.8) is 0 Å². The molecule has 1 amide bonds. The van der Waals surface area contributed by atoms with Crippen molar-refractivity contribution in [3.05, 3.63) is 82.8 Å². The highest BCUT2D eigenvalue weighted by Crippen LogP contribution is 2.30. The lowest BCUT2D eigenvalue weighted by Crippen LogP contribution is -2.50. The van der Waals surface area contributed by atoms with E-state index in [-0.39, 0.29) is 50.5 Å². The van der Waals surface area contributed by atoms with Gasteiger partial charge in [-0.15, -0.1) is 0 Å². The molecule has 1 atom stereocenters. The summed E-state index contributed by atoms with van der Waals surface area (Å²) >= 11 is 0. The number of likely N-dealkylation sites (tertiary alicyclic amines) is 1. The second-order valence-corrected chi connectivity index (χ2v) is 9.85. The minimum atomic E-state index is -2.67. The number of aliphatic hydroxyl groups is 1. The van der Waals surface area contributed by atoms with Crippen molar-refractivity contribution >= 4 is 11.6 Å². The van der Waals surface area contributed by atoms with Crippen LogP contribution in [0.25, 0.3) is 16.9 Å². The molecule has 5 rings (SSSR count).